The SMILES string of the molecule is Cc1cc(C)cc(C(=O)Nc2nnc(Cc3ccc(C)c(C)c3)o2)c1. The van der Waals surface area contributed by atoms with E-state index in [1.807, 2.05) is 38.1 Å². The number of carbonyl (C=O) groups is 1. The van der Waals surface area contributed by atoms with E-state index in [0.717, 1.165) is 16.7 Å². The van der Waals surface area contributed by atoms with Gasteiger partial charge >= 0.3 is 6.01 Å². The van der Waals surface area contributed by atoms with Crippen molar-refractivity contribution in [2.75, 3.05) is 5.32 Å². The number of hydrogen-bond acceptors (Lipinski definition) is 4. The van der Waals surface area contributed by atoms with Gasteiger partial charge in [-0.2, -0.15) is 0 Å². The van der Waals surface area contributed by atoms with Crippen molar-refractivity contribution in [1.29, 1.82) is 0 Å². The topological polar surface area (TPSA) is 68.0 Å². The highest BCUT2D eigenvalue weighted by Crippen LogP contribution is 2.16. The third kappa shape index (κ3) is 4.12. The van der Waals surface area contributed by atoms with Crippen molar-refractivity contribution in [3.05, 3.63) is 75.7 Å². The number of benzene rings is 2. The molecule has 128 valence electrons. The summed E-state index contributed by atoms with van der Waals surface area (Å²) in [5.41, 5.74) is 6.21. The maximum atomic E-state index is 12.3. The Morgan fingerprint density at radius 1 is 0.960 bits per heavy atom. The van der Waals surface area contributed by atoms with Crippen LogP contribution in [0.1, 0.15) is 44.1 Å². The lowest BCUT2D eigenvalue weighted by molar-refractivity contribution is 0.102. The van der Waals surface area contributed by atoms with Gasteiger partial charge in [0.15, 0.2) is 0 Å². The number of hydrogen-bond donors (Lipinski definition) is 1. The fraction of sp³-hybridized carbons (Fsp3) is 0.250. The van der Waals surface area contributed by atoms with Crippen LogP contribution in [0.2, 0.25) is 0 Å². The molecular weight excluding hydrogens is 314 g/mol. The molecule has 3 rings (SSSR count). The minimum absolute atomic E-state index is 0.114. The van der Waals surface area contributed by atoms with Gasteiger partial charge in [-0.3, -0.25) is 10.1 Å². The second-order valence-corrected chi connectivity index (χ2v) is 6.43. The molecule has 0 unspecified atom stereocenters. The molecule has 0 saturated heterocycles. The van der Waals surface area contributed by atoms with Crippen LogP contribution in [0.25, 0.3) is 0 Å². The number of aromatic nitrogens is 2. The highest BCUT2D eigenvalue weighted by atomic mass is 16.4. The Bertz CT molecular complexity index is 908. The van der Waals surface area contributed by atoms with E-state index in [4.69, 9.17) is 4.42 Å². The highest BCUT2D eigenvalue weighted by molar-refractivity contribution is 6.03. The van der Waals surface area contributed by atoms with E-state index in [0.29, 0.717) is 17.9 Å². The predicted molar refractivity (Wildman–Crippen MR) is 96.9 cm³/mol. The lowest BCUT2D eigenvalue weighted by Crippen LogP contribution is -2.12. The van der Waals surface area contributed by atoms with E-state index in [1.165, 1.54) is 11.1 Å². The van der Waals surface area contributed by atoms with Gasteiger partial charge in [-0.05, 0) is 56.5 Å². The van der Waals surface area contributed by atoms with Crippen molar-refractivity contribution >= 4 is 11.9 Å². The molecule has 0 atom stereocenters. The molecule has 2 aromatic carbocycles. The van der Waals surface area contributed by atoms with E-state index < -0.39 is 0 Å². The van der Waals surface area contributed by atoms with Crippen LogP contribution in [0.15, 0.2) is 40.8 Å². The van der Waals surface area contributed by atoms with Crippen LogP contribution < -0.4 is 5.32 Å². The van der Waals surface area contributed by atoms with Crippen molar-refractivity contribution in [3.63, 3.8) is 0 Å². The molecule has 0 radical (unpaired) electrons. The van der Waals surface area contributed by atoms with Crippen molar-refractivity contribution in [2.24, 2.45) is 0 Å². The molecule has 0 spiro atoms. The summed E-state index contributed by atoms with van der Waals surface area (Å²) < 4.78 is 5.56. The lowest BCUT2D eigenvalue weighted by Gasteiger charge is -2.04. The maximum Gasteiger partial charge on any atom is 0.322 e. The van der Waals surface area contributed by atoms with Crippen LogP contribution in [0.4, 0.5) is 6.01 Å². The zero-order valence-electron chi connectivity index (χ0n) is 14.9. The molecule has 0 fully saturated rings. The lowest BCUT2D eigenvalue weighted by atomic mass is 10.0. The van der Waals surface area contributed by atoms with Gasteiger partial charge in [0.25, 0.3) is 5.91 Å². The molecule has 0 saturated carbocycles. The van der Waals surface area contributed by atoms with Crippen LogP contribution in [0.3, 0.4) is 0 Å². The zero-order chi connectivity index (χ0) is 18.0. The standard InChI is InChI=1S/C20H21N3O2/c1-12-7-13(2)9-17(8-12)19(24)21-20-23-22-18(25-20)11-16-6-5-14(3)15(4)10-16/h5-10H,11H2,1-4H3,(H,21,23,24). The Kier molecular flexibility index (Phi) is 4.65. The van der Waals surface area contributed by atoms with E-state index in [9.17, 15) is 4.79 Å². The third-order valence-electron chi connectivity index (χ3n) is 4.10. The van der Waals surface area contributed by atoms with Gasteiger partial charge in [-0.1, -0.05) is 40.5 Å². The van der Waals surface area contributed by atoms with Crippen LogP contribution in [-0.4, -0.2) is 16.1 Å². The monoisotopic (exact) mass is 335 g/mol. The molecule has 5 heteroatoms. The summed E-state index contributed by atoms with van der Waals surface area (Å²) in [5.74, 6) is 0.215. The van der Waals surface area contributed by atoms with Crippen LogP contribution in [-0.2, 0) is 6.42 Å². The van der Waals surface area contributed by atoms with Crippen LogP contribution in [0, 0.1) is 27.7 Å². The minimum Gasteiger partial charge on any atom is -0.407 e. The molecule has 25 heavy (non-hydrogen) atoms. The van der Waals surface area contributed by atoms with Crippen molar-refractivity contribution in [3.8, 4) is 0 Å². The molecule has 3 aromatic rings. The molecule has 0 aliphatic rings. The molecule has 1 heterocycles. The van der Waals surface area contributed by atoms with Crippen LogP contribution >= 0.6 is 0 Å². The van der Waals surface area contributed by atoms with Crippen molar-refractivity contribution in [1.82, 2.24) is 10.2 Å². The number of nitrogens with one attached hydrogen (secondary N) is 1. The number of carbonyl (C=O) groups excluding carboxylic acids is 1. The number of rotatable bonds is 4. The van der Waals surface area contributed by atoms with Crippen molar-refractivity contribution in [2.45, 2.75) is 34.1 Å². The highest BCUT2D eigenvalue weighted by Gasteiger charge is 2.13. The second kappa shape index (κ2) is 6.89. The Morgan fingerprint density at radius 2 is 1.68 bits per heavy atom. The fourth-order valence-corrected chi connectivity index (χ4v) is 2.74. The molecule has 1 N–H and O–H groups in total. The molecule has 1 aromatic heterocycles. The number of nitrogens with zero attached hydrogens (tertiary/aromatic N) is 2. The fourth-order valence-electron chi connectivity index (χ4n) is 2.74. The molecule has 0 aliphatic carbocycles. The maximum absolute atomic E-state index is 12.3. The zero-order valence-corrected chi connectivity index (χ0v) is 14.9. The summed E-state index contributed by atoms with van der Waals surface area (Å²) in [6.07, 6.45) is 0.535. The van der Waals surface area contributed by atoms with Gasteiger partial charge in [0.05, 0.1) is 6.42 Å². The molecular formula is C20H21N3O2. The number of amides is 1. The van der Waals surface area contributed by atoms with E-state index in [-0.39, 0.29) is 11.9 Å². The first-order chi connectivity index (χ1) is 11.9. The molecule has 5 nitrogen and oxygen atoms in total. The van der Waals surface area contributed by atoms with Gasteiger partial charge in [-0.25, -0.2) is 0 Å². The van der Waals surface area contributed by atoms with E-state index >= 15 is 0 Å². The first-order valence-corrected chi connectivity index (χ1v) is 8.19. The Morgan fingerprint density at radius 3 is 2.36 bits per heavy atom. The third-order valence-corrected chi connectivity index (χ3v) is 4.10. The summed E-state index contributed by atoms with van der Waals surface area (Å²) in [6.45, 7) is 8.06. The normalized spacial score (nSPS) is 10.7. The summed E-state index contributed by atoms with van der Waals surface area (Å²) in [7, 11) is 0. The largest absolute Gasteiger partial charge is 0.407 e. The summed E-state index contributed by atoms with van der Waals surface area (Å²) in [4.78, 5) is 12.3. The first-order valence-electron chi connectivity index (χ1n) is 8.19. The summed E-state index contributed by atoms with van der Waals surface area (Å²) in [6, 6.07) is 12.0. The Balaban J connectivity index is 1.70. The van der Waals surface area contributed by atoms with Crippen molar-refractivity contribution < 1.29 is 9.21 Å². The predicted octanol–water partition coefficient (Wildman–Crippen LogP) is 4.15. The molecule has 0 bridgehead atoms. The summed E-state index contributed by atoms with van der Waals surface area (Å²) in [5, 5.41) is 10.6. The number of aryl methyl sites for hydroxylation is 4. The first kappa shape index (κ1) is 16.9. The quantitative estimate of drug-likeness (QED) is 0.778. The summed E-state index contributed by atoms with van der Waals surface area (Å²) >= 11 is 0. The van der Waals surface area contributed by atoms with Gasteiger partial charge in [-0.15, -0.1) is 5.10 Å². The Labute approximate surface area is 147 Å². The van der Waals surface area contributed by atoms with Gasteiger partial charge in [0.2, 0.25) is 5.89 Å². The average molecular weight is 335 g/mol. The minimum atomic E-state index is -0.256. The van der Waals surface area contributed by atoms with E-state index in [1.54, 1.807) is 0 Å². The van der Waals surface area contributed by atoms with Gasteiger partial charge < -0.3 is 4.42 Å². The molecule has 1 amide bonds. The Hall–Kier alpha value is -2.95. The second-order valence-electron chi connectivity index (χ2n) is 6.43. The van der Waals surface area contributed by atoms with Crippen LogP contribution in [0.5, 0.6) is 0 Å². The van der Waals surface area contributed by atoms with Gasteiger partial charge in [0, 0.05) is 5.56 Å². The molecule has 0 aliphatic heterocycles. The average Bonchev–Trinajstić information content (AvgIpc) is 2.97. The van der Waals surface area contributed by atoms with Gasteiger partial charge in [0.1, 0.15) is 0 Å². The smallest absolute Gasteiger partial charge is 0.322 e. The number of anilines is 1. The van der Waals surface area contributed by atoms with E-state index in [2.05, 4.69) is 41.5 Å².